The molecule has 23 heavy (non-hydrogen) atoms. The minimum Gasteiger partial charge on any atom is -0.462 e. The minimum absolute atomic E-state index is 0.288. The van der Waals surface area contributed by atoms with Gasteiger partial charge in [0.05, 0.1) is 17.9 Å². The molecular formula is C20H19NO2. The van der Waals surface area contributed by atoms with Crippen LogP contribution in [0.15, 0.2) is 66.7 Å². The van der Waals surface area contributed by atoms with E-state index in [1.54, 1.807) is 0 Å². The van der Waals surface area contributed by atoms with E-state index in [1.165, 1.54) is 0 Å². The Balaban J connectivity index is 2.20. The summed E-state index contributed by atoms with van der Waals surface area (Å²) in [6.45, 7) is 2.18. The van der Waals surface area contributed by atoms with Crippen molar-refractivity contribution in [3.05, 3.63) is 72.3 Å². The van der Waals surface area contributed by atoms with E-state index in [-0.39, 0.29) is 5.97 Å². The first-order chi connectivity index (χ1) is 11.2. The average Bonchev–Trinajstić information content (AvgIpc) is 2.94. The predicted octanol–water partition coefficient (Wildman–Crippen LogP) is 4.54. The lowest BCUT2D eigenvalue weighted by molar-refractivity contribution is 0.0527. The lowest BCUT2D eigenvalue weighted by Gasteiger charge is -2.09. The van der Waals surface area contributed by atoms with Gasteiger partial charge in [0.25, 0.3) is 0 Å². The van der Waals surface area contributed by atoms with Crippen molar-refractivity contribution in [2.24, 2.45) is 7.05 Å². The van der Waals surface area contributed by atoms with Gasteiger partial charge < -0.3 is 9.30 Å². The van der Waals surface area contributed by atoms with Crippen LogP contribution in [0.1, 0.15) is 17.3 Å². The maximum atomic E-state index is 12.4. The lowest BCUT2D eigenvalue weighted by Crippen LogP contribution is -2.06. The topological polar surface area (TPSA) is 31.2 Å². The molecule has 0 radical (unpaired) electrons. The SMILES string of the molecule is CCOC(=O)c1cc(-c2ccccc2)n(C)c1-c1ccccc1. The number of benzene rings is 2. The third kappa shape index (κ3) is 2.90. The van der Waals surface area contributed by atoms with Gasteiger partial charge in [-0.3, -0.25) is 0 Å². The summed E-state index contributed by atoms with van der Waals surface area (Å²) in [5.74, 6) is -0.288. The van der Waals surface area contributed by atoms with Gasteiger partial charge in [-0.2, -0.15) is 0 Å². The minimum atomic E-state index is -0.288. The van der Waals surface area contributed by atoms with Crippen molar-refractivity contribution in [1.82, 2.24) is 4.57 Å². The molecule has 116 valence electrons. The van der Waals surface area contributed by atoms with Crippen LogP contribution in [0.25, 0.3) is 22.5 Å². The Morgan fingerprint density at radius 2 is 1.52 bits per heavy atom. The van der Waals surface area contributed by atoms with Crippen molar-refractivity contribution in [2.45, 2.75) is 6.92 Å². The molecule has 0 fully saturated rings. The third-order valence-corrected chi connectivity index (χ3v) is 3.85. The molecule has 0 aliphatic heterocycles. The van der Waals surface area contributed by atoms with E-state index in [0.29, 0.717) is 12.2 Å². The Bertz CT molecular complexity index is 804. The van der Waals surface area contributed by atoms with Crippen LogP contribution in [-0.2, 0) is 11.8 Å². The molecule has 3 nitrogen and oxygen atoms in total. The highest BCUT2D eigenvalue weighted by Crippen LogP contribution is 2.32. The van der Waals surface area contributed by atoms with Crippen LogP contribution in [-0.4, -0.2) is 17.1 Å². The van der Waals surface area contributed by atoms with E-state index in [1.807, 2.05) is 80.7 Å². The summed E-state index contributed by atoms with van der Waals surface area (Å²) < 4.78 is 7.29. The molecule has 0 N–H and O–H groups in total. The number of hydrogen-bond acceptors (Lipinski definition) is 2. The van der Waals surface area contributed by atoms with E-state index in [9.17, 15) is 4.79 Å². The normalized spacial score (nSPS) is 10.5. The second-order valence-corrected chi connectivity index (χ2v) is 5.30. The molecule has 0 saturated carbocycles. The van der Waals surface area contributed by atoms with E-state index >= 15 is 0 Å². The van der Waals surface area contributed by atoms with Crippen molar-refractivity contribution in [3.8, 4) is 22.5 Å². The standard InChI is InChI=1S/C20H19NO2/c1-3-23-20(22)17-14-18(15-10-6-4-7-11-15)21(2)19(17)16-12-8-5-9-13-16/h4-14H,3H2,1-2H3. The number of rotatable bonds is 4. The molecular weight excluding hydrogens is 286 g/mol. The Morgan fingerprint density at radius 3 is 2.09 bits per heavy atom. The molecule has 0 aliphatic carbocycles. The van der Waals surface area contributed by atoms with Crippen LogP contribution in [0, 0.1) is 0 Å². The van der Waals surface area contributed by atoms with E-state index in [0.717, 1.165) is 22.5 Å². The summed E-state index contributed by atoms with van der Waals surface area (Å²) in [6, 6.07) is 21.9. The largest absolute Gasteiger partial charge is 0.462 e. The van der Waals surface area contributed by atoms with Gasteiger partial charge in [-0.05, 0) is 24.1 Å². The maximum Gasteiger partial charge on any atom is 0.340 e. The molecule has 0 saturated heterocycles. The fourth-order valence-electron chi connectivity index (χ4n) is 2.80. The van der Waals surface area contributed by atoms with Gasteiger partial charge in [0.15, 0.2) is 0 Å². The second kappa shape index (κ2) is 6.53. The van der Waals surface area contributed by atoms with Crippen LogP contribution >= 0.6 is 0 Å². The number of aromatic nitrogens is 1. The van der Waals surface area contributed by atoms with Gasteiger partial charge in [-0.15, -0.1) is 0 Å². The number of carbonyl (C=O) groups excluding carboxylic acids is 1. The van der Waals surface area contributed by atoms with Gasteiger partial charge in [0, 0.05) is 12.7 Å². The van der Waals surface area contributed by atoms with Gasteiger partial charge in [-0.1, -0.05) is 60.7 Å². The summed E-state index contributed by atoms with van der Waals surface area (Å²) >= 11 is 0. The summed E-state index contributed by atoms with van der Waals surface area (Å²) in [7, 11) is 1.98. The van der Waals surface area contributed by atoms with Crippen molar-refractivity contribution < 1.29 is 9.53 Å². The maximum absolute atomic E-state index is 12.4. The highest BCUT2D eigenvalue weighted by molar-refractivity contribution is 5.98. The molecule has 0 spiro atoms. The Morgan fingerprint density at radius 1 is 0.957 bits per heavy atom. The van der Waals surface area contributed by atoms with Gasteiger partial charge in [0.2, 0.25) is 0 Å². The Kier molecular flexibility index (Phi) is 4.29. The van der Waals surface area contributed by atoms with Crippen molar-refractivity contribution in [3.63, 3.8) is 0 Å². The summed E-state index contributed by atoms with van der Waals surface area (Å²) in [6.07, 6.45) is 0. The Labute approximate surface area is 136 Å². The smallest absolute Gasteiger partial charge is 0.340 e. The molecule has 0 atom stereocenters. The number of ether oxygens (including phenoxy) is 1. The van der Waals surface area contributed by atoms with Crippen molar-refractivity contribution in [1.29, 1.82) is 0 Å². The average molecular weight is 305 g/mol. The van der Waals surface area contributed by atoms with Crippen molar-refractivity contribution >= 4 is 5.97 Å². The summed E-state index contributed by atoms with van der Waals surface area (Å²) in [5.41, 5.74) is 4.54. The highest BCUT2D eigenvalue weighted by atomic mass is 16.5. The zero-order valence-corrected chi connectivity index (χ0v) is 13.3. The predicted molar refractivity (Wildman–Crippen MR) is 92.2 cm³/mol. The Hall–Kier alpha value is -2.81. The van der Waals surface area contributed by atoms with E-state index in [4.69, 9.17) is 4.74 Å². The fraction of sp³-hybridized carbons (Fsp3) is 0.150. The van der Waals surface area contributed by atoms with E-state index in [2.05, 4.69) is 4.57 Å². The molecule has 0 bridgehead atoms. The molecule has 0 unspecified atom stereocenters. The monoisotopic (exact) mass is 305 g/mol. The molecule has 2 aromatic carbocycles. The number of esters is 1. The number of nitrogens with zero attached hydrogens (tertiary/aromatic N) is 1. The molecule has 1 heterocycles. The zero-order valence-electron chi connectivity index (χ0n) is 13.3. The number of carbonyl (C=O) groups is 1. The first kappa shape index (κ1) is 15.1. The first-order valence-corrected chi connectivity index (χ1v) is 7.70. The molecule has 0 aliphatic rings. The van der Waals surface area contributed by atoms with Gasteiger partial charge >= 0.3 is 5.97 Å². The van der Waals surface area contributed by atoms with Gasteiger partial charge in [0.1, 0.15) is 0 Å². The van der Waals surface area contributed by atoms with Crippen LogP contribution in [0.4, 0.5) is 0 Å². The van der Waals surface area contributed by atoms with Crippen LogP contribution in [0.2, 0.25) is 0 Å². The van der Waals surface area contributed by atoms with Crippen LogP contribution in [0.3, 0.4) is 0 Å². The first-order valence-electron chi connectivity index (χ1n) is 7.70. The summed E-state index contributed by atoms with van der Waals surface area (Å²) in [5, 5.41) is 0. The van der Waals surface area contributed by atoms with Crippen molar-refractivity contribution in [2.75, 3.05) is 6.61 Å². The zero-order chi connectivity index (χ0) is 16.2. The van der Waals surface area contributed by atoms with E-state index < -0.39 is 0 Å². The molecule has 1 aromatic heterocycles. The molecule has 3 aromatic rings. The molecule has 0 amide bonds. The fourth-order valence-corrected chi connectivity index (χ4v) is 2.80. The number of hydrogen-bond donors (Lipinski definition) is 0. The lowest BCUT2D eigenvalue weighted by atomic mass is 10.1. The third-order valence-electron chi connectivity index (χ3n) is 3.85. The molecule has 3 heteroatoms. The van der Waals surface area contributed by atoms with Crippen LogP contribution in [0.5, 0.6) is 0 Å². The highest BCUT2D eigenvalue weighted by Gasteiger charge is 2.21. The quantitative estimate of drug-likeness (QED) is 0.663. The second-order valence-electron chi connectivity index (χ2n) is 5.30. The molecule has 3 rings (SSSR count). The summed E-state index contributed by atoms with van der Waals surface area (Å²) in [4.78, 5) is 12.4. The van der Waals surface area contributed by atoms with Crippen LogP contribution < -0.4 is 0 Å². The van der Waals surface area contributed by atoms with Gasteiger partial charge in [-0.25, -0.2) is 4.79 Å².